The molecular formula is C15H22N2O3. The third-order valence-corrected chi connectivity index (χ3v) is 4.86. The molecule has 110 valence electrons. The number of hydrogen-bond donors (Lipinski definition) is 2. The predicted molar refractivity (Wildman–Crippen MR) is 74.2 cm³/mol. The van der Waals surface area contributed by atoms with Gasteiger partial charge in [-0.15, -0.1) is 0 Å². The molecular weight excluding hydrogens is 256 g/mol. The number of ether oxygens (including phenoxy) is 1. The van der Waals surface area contributed by atoms with Crippen molar-refractivity contribution in [3.8, 4) is 0 Å². The van der Waals surface area contributed by atoms with Crippen molar-refractivity contribution in [3.63, 3.8) is 0 Å². The Balaban J connectivity index is 1.62. The summed E-state index contributed by atoms with van der Waals surface area (Å²) in [6.45, 7) is 3.08. The van der Waals surface area contributed by atoms with Crippen LogP contribution in [-0.2, 0) is 11.3 Å². The fourth-order valence-electron chi connectivity index (χ4n) is 3.49. The Labute approximate surface area is 118 Å². The van der Waals surface area contributed by atoms with Crippen molar-refractivity contribution in [1.29, 1.82) is 0 Å². The molecule has 5 nitrogen and oxygen atoms in total. The fraction of sp³-hybridized carbons (Fsp3) is 0.667. The van der Waals surface area contributed by atoms with Crippen molar-refractivity contribution in [2.45, 2.75) is 51.3 Å². The second-order valence-corrected chi connectivity index (χ2v) is 5.80. The summed E-state index contributed by atoms with van der Waals surface area (Å²) in [6, 6.07) is 1.94. The molecule has 1 spiro atoms. The zero-order chi connectivity index (χ0) is 14.2. The largest absolute Gasteiger partial charge is 0.467 e. The van der Waals surface area contributed by atoms with Gasteiger partial charge < -0.3 is 20.2 Å². The highest BCUT2D eigenvalue weighted by atomic mass is 16.5. The highest BCUT2D eigenvalue weighted by Crippen LogP contribution is 2.57. The lowest BCUT2D eigenvalue weighted by Crippen LogP contribution is -2.67. The number of carbonyl (C=O) groups excluding carboxylic acids is 1. The molecule has 2 saturated carbocycles. The van der Waals surface area contributed by atoms with Crippen molar-refractivity contribution in [2.24, 2.45) is 11.1 Å². The first-order valence-corrected chi connectivity index (χ1v) is 7.39. The van der Waals surface area contributed by atoms with Crippen LogP contribution in [0.2, 0.25) is 0 Å². The van der Waals surface area contributed by atoms with Crippen LogP contribution in [0.1, 0.15) is 48.7 Å². The Morgan fingerprint density at radius 2 is 2.40 bits per heavy atom. The molecule has 1 aromatic heterocycles. The maximum Gasteiger partial charge on any atom is 0.254 e. The second-order valence-electron chi connectivity index (χ2n) is 5.80. The SMILES string of the molecule is CCOC1CC(NC(=O)c2coc(CN)c2)C12CCC2. The Hall–Kier alpha value is -1.33. The Kier molecular flexibility index (Phi) is 3.56. The normalized spacial score (nSPS) is 26.9. The van der Waals surface area contributed by atoms with Gasteiger partial charge in [-0.1, -0.05) is 6.42 Å². The van der Waals surface area contributed by atoms with E-state index in [2.05, 4.69) is 5.32 Å². The lowest BCUT2D eigenvalue weighted by Gasteiger charge is -2.60. The van der Waals surface area contributed by atoms with E-state index in [1.54, 1.807) is 6.07 Å². The Morgan fingerprint density at radius 3 is 2.95 bits per heavy atom. The van der Waals surface area contributed by atoms with Crippen LogP contribution in [0, 0.1) is 5.41 Å². The smallest absolute Gasteiger partial charge is 0.254 e. The van der Waals surface area contributed by atoms with Crippen molar-refractivity contribution in [2.75, 3.05) is 6.61 Å². The van der Waals surface area contributed by atoms with Gasteiger partial charge in [0, 0.05) is 18.1 Å². The maximum atomic E-state index is 12.2. The molecule has 0 saturated heterocycles. The first-order valence-electron chi connectivity index (χ1n) is 7.39. The van der Waals surface area contributed by atoms with Gasteiger partial charge in [0.15, 0.2) is 0 Å². The first-order chi connectivity index (χ1) is 9.69. The summed E-state index contributed by atoms with van der Waals surface area (Å²) in [5, 5.41) is 3.13. The molecule has 0 aromatic carbocycles. The minimum absolute atomic E-state index is 0.0697. The van der Waals surface area contributed by atoms with Crippen LogP contribution < -0.4 is 11.1 Å². The van der Waals surface area contributed by atoms with Crippen LogP contribution in [0.15, 0.2) is 16.7 Å². The fourth-order valence-corrected chi connectivity index (χ4v) is 3.49. The second kappa shape index (κ2) is 5.22. The van der Waals surface area contributed by atoms with E-state index in [4.69, 9.17) is 14.9 Å². The van der Waals surface area contributed by atoms with E-state index in [0.717, 1.165) is 25.9 Å². The van der Waals surface area contributed by atoms with E-state index >= 15 is 0 Å². The molecule has 3 rings (SSSR count). The van der Waals surface area contributed by atoms with E-state index in [9.17, 15) is 4.79 Å². The molecule has 5 heteroatoms. The molecule has 0 radical (unpaired) electrons. The third kappa shape index (κ3) is 2.05. The van der Waals surface area contributed by atoms with E-state index in [-0.39, 0.29) is 17.4 Å². The van der Waals surface area contributed by atoms with Gasteiger partial charge in [0.25, 0.3) is 5.91 Å². The van der Waals surface area contributed by atoms with Gasteiger partial charge >= 0.3 is 0 Å². The number of hydrogen-bond acceptors (Lipinski definition) is 4. The molecule has 0 bridgehead atoms. The summed E-state index contributed by atoms with van der Waals surface area (Å²) >= 11 is 0. The van der Waals surface area contributed by atoms with Gasteiger partial charge in [-0.2, -0.15) is 0 Å². The number of carbonyl (C=O) groups is 1. The number of amides is 1. The minimum atomic E-state index is -0.0697. The lowest BCUT2D eigenvalue weighted by atomic mass is 9.51. The zero-order valence-electron chi connectivity index (χ0n) is 11.9. The quantitative estimate of drug-likeness (QED) is 0.861. The topological polar surface area (TPSA) is 77.5 Å². The molecule has 2 atom stereocenters. The number of nitrogens with two attached hydrogens (primary N) is 1. The molecule has 0 aliphatic heterocycles. The van der Waals surface area contributed by atoms with Crippen LogP contribution in [0.3, 0.4) is 0 Å². The highest BCUT2D eigenvalue weighted by Gasteiger charge is 2.59. The summed E-state index contributed by atoms with van der Waals surface area (Å²) in [5.74, 6) is 0.564. The monoisotopic (exact) mass is 278 g/mol. The van der Waals surface area contributed by atoms with E-state index in [1.807, 2.05) is 6.92 Å². The molecule has 2 aliphatic carbocycles. The summed E-state index contributed by atoms with van der Waals surface area (Å²) in [5.41, 5.74) is 6.23. The van der Waals surface area contributed by atoms with Crippen molar-refractivity contribution in [1.82, 2.24) is 5.32 Å². The molecule has 3 N–H and O–H groups in total. The number of nitrogens with one attached hydrogen (secondary N) is 1. The molecule has 20 heavy (non-hydrogen) atoms. The predicted octanol–water partition coefficient (Wildman–Crippen LogP) is 1.82. The Bertz CT molecular complexity index is 493. The van der Waals surface area contributed by atoms with Gasteiger partial charge in [-0.05, 0) is 32.3 Å². The summed E-state index contributed by atoms with van der Waals surface area (Å²) in [6.07, 6.45) is 6.25. The van der Waals surface area contributed by atoms with Gasteiger partial charge in [-0.25, -0.2) is 0 Å². The summed E-state index contributed by atoms with van der Waals surface area (Å²) < 4.78 is 11.0. The molecule has 1 heterocycles. The zero-order valence-corrected chi connectivity index (χ0v) is 11.9. The van der Waals surface area contributed by atoms with Gasteiger partial charge in [0.2, 0.25) is 0 Å². The molecule has 2 aliphatic rings. The van der Waals surface area contributed by atoms with Crippen molar-refractivity contribution in [3.05, 3.63) is 23.7 Å². The summed E-state index contributed by atoms with van der Waals surface area (Å²) in [7, 11) is 0. The maximum absolute atomic E-state index is 12.2. The average Bonchev–Trinajstić information content (AvgIpc) is 2.84. The molecule has 1 amide bonds. The van der Waals surface area contributed by atoms with Crippen LogP contribution in [-0.4, -0.2) is 24.7 Å². The number of rotatable bonds is 5. The van der Waals surface area contributed by atoms with Gasteiger partial charge in [-0.3, -0.25) is 4.79 Å². The van der Waals surface area contributed by atoms with Crippen LogP contribution in [0.4, 0.5) is 0 Å². The Morgan fingerprint density at radius 1 is 1.60 bits per heavy atom. The minimum Gasteiger partial charge on any atom is -0.467 e. The van der Waals surface area contributed by atoms with Gasteiger partial charge in [0.05, 0.1) is 18.2 Å². The van der Waals surface area contributed by atoms with Crippen LogP contribution in [0.5, 0.6) is 0 Å². The third-order valence-electron chi connectivity index (χ3n) is 4.86. The first kappa shape index (κ1) is 13.6. The lowest BCUT2D eigenvalue weighted by molar-refractivity contribution is -0.169. The summed E-state index contributed by atoms with van der Waals surface area (Å²) in [4.78, 5) is 12.2. The van der Waals surface area contributed by atoms with Crippen molar-refractivity contribution >= 4 is 5.91 Å². The highest BCUT2D eigenvalue weighted by molar-refractivity contribution is 5.94. The van der Waals surface area contributed by atoms with E-state index in [1.165, 1.54) is 12.7 Å². The van der Waals surface area contributed by atoms with Gasteiger partial charge in [0.1, 0.15) is 12.0 Å². The van der Waals surface area contributed by atoms with Crippen molar-refractivity contribution < 1.29 is 13.9 Å². The van der Waals surface area contributed by atoms with E-state index in [0.29, 0.717) is 24.0 Å². The average molecular weight is 278 g/mol. The molecule has 2 unspecified atom stereocenters. The van der Waals surface area contributed by atoms with Crippen LogP contribution in [0.25, 0.3) is 0 Å². The molecule has 1 aromatic rings. The number of furan rings is 1. The molecule has 2 fully saturated rings. The van der Waals surface area contributed by atoms with E-state index < -0.39 is 0 Å². The van der Waals surface area contributed by atoms with Crippen LogP contribution >= 0.6 is 0 Å². The standard InChI is InChI=1S/C15H22N2O3/c1-2-19-13-7-12(15(13)4-3-5-15)17-14(18)10-6-11(8-16)20-9-10/h6,9,12-13H,2-5,7-8,16H2,1H3,(H,17,18).